The fourth-order valence-corrected chi connectivity index (χ4v) is 4.77. The highest BCUT2D eigenvalue weighted by Crippen LogP contribution is 2.38. The number of hydroxylamine groups is 2. The molecule has 1 unspecified atom stereocenters. The summed E-state index contributed by atoms with van der Waals surface area (Å²) in [5.74, 6) is -2.54. The molecule has 1 heterocycles. The molecule has 3 rings (SSSR count). The minimum Gasteiger partial charge on any atom is -0.477 e. The third-order valence-corrected chi connectivity index (χ3v) is 6.33. The van der Waals surface area contributed by atoms with Crippen LogP contribution in [0.15, 0.2) is 60.7 Å². The first-order chi connectivity index (χ1) is 16.1. The third kappa shape index (κ3) is 6.74. The van der Waals surface area contributed by atoms with E-state index in [9.17, 15) is 9.90 Å². The van der Waals surface area contributed by atoms with Crippen molar-refractivity contribution in [3.8, 4) is 0 Å². The number of hydrogen-bond donors (Lipinski definition) is 3. The van der Waals surface area contributed by atoms with E-state index in [1.54, 1.807) is 0 Å². The zero-order chi connectivity index (χ0) is 23.5. The van der Waals surface area contributed by atoms with Crippen molar-refractivity contribution in [1.82, 2.24) is 20.5 Å². The van der Waals surface area contributed by atoms with Crippen LogP contribution in [0.4, 0.5) is 0 Å². The molecule has 0 saturated heterocycles. The monoisotopic (exact) mass is 456 g/mol. The Morgan fingerprint density at radius 1 is 1.21 bits per heavy atom. The van der Waals surface area contributed by atoms with E-state index in [1.807, 2.05) is 24.8 Å². The van der Waals surface area contributed by atoms with E-state index < -0.39 is 11.8 Å². The number of carboxylic acid groups (broad SMARTS) is 1. The van der Waals surface area contributed by atoms with E-state index in [0.717, 1.165) is 19.3 Å². The maximum atomic E-state index is 12.0. The molecule has 2 aromatic rings. The maximum absolute atomic E-state index is 12.0. The number of rotatable bonds is 13. The van der Waals surface area contributed by atoms with Crippen LogP contribution in [0.3, 0.4) is 0 Å². The highest BCUT2D eigenvalue weighted by Gasteiger charge is 2.42. The summed E-state index contributed by atoms with van der Waals surface area (Å²) in [4.78, 5) is 26.9. The highest BCUT2D eigenvalue weighted by atomic mass is 16.8. The van der Waals surface area contributed by atoms with Gasteiger partial charge in [0.1, 0.15) is 0 Å². The fourth-order valence-electron chi connectivity index (χ4n) is 4.77. The first-order valence-electron chi connectivity index (χ1n) is 11.7. The largest absolute Gasteiger partial charge is 0.477 e. The average Bonchev–Trinajstić information content (AvgIpc) is 3.37. The molecule has 0 amide bonds. The van der Waals surface area contributed by atoms with Crippen molar-refractivity contribution in [1.29, 1.82) is 0 Å². The van der Waals surface area contributed by atoms with Crippen molar-refractivity contribution in [3.05, 3.63) is 66.3 Å². The van der Waals surface area contributed by atoms with Gasteiger partial charge in [-0.2, -0.15) is 0 Å². The highest BCUT2D eigenvalue weighted by molar-refractivity contribution is 5.75. The van der Waals surface area contributed by atoms with Crippen molar-refractivity contribution in [2.24, 2.45) is 5.92 Å². The first-order valence-corrected chi connectivity index (χ1v) is 11.7. The molecule has 0 bridgehead atoms. The van der Waals surface area contributed by atoms with Gasteiger partial charge in [0.15, 0.2) is 0 Å². The number of nitrogens with zero attached hydrogens (tertiary/aromatic N) is 2. The van der Waals surface area contributed by atoms with Crippen LogP contribution in [0.25, 0.3) is 0 Å². The third-order valence-electron chi connectivity index (χ3n) is 6.33. The summed E-state index contributed by atoms with van der Waals surface area (Å²) in [6.45, 7) is 0. The predicted molar refractivity (Wildman–Crippen MR) is 126 cm³/mol. The second-order valence-corrected chi connectivity index (χ2v) is 8.46. The van der Waals surface area contributed by atoms with Gasteiger partial charge in [-0.1, -0.05) is 55.7 Å². The molecule has 1 aliphatic rings. The van der Waals surface area contributed by atoms with E-state index in [1.165, 1.54) is 44.5 Å². The number of imidazole rings is 1. The van der Waals surface area contributed by atoms with Gasteiger partial charge in [0.25, 0.3) is 0 Å². The summed E-state index contributed by atoms with van der Waals surface area (Å²) in [7, 11) is 3.05. The van der Waals surface area contributed by atoms with Gasteiger partial charge < -0.3 is 9.67 Å². The molecular weight excluding hydrogens is 420 g/mol. The van der Waals surface area contributed by atoms with Gasteiger partial charge in [0.2, 0.25) is 0 Å². The van der Waals surface area contributed by atoms with Crippen molar-refractivity contribution < 1.29 is 19.6 Å². The molecule has 0 aliphatic heterocycles. The summed E-state index contributed by atoms with van der Waals surface area (Å²) >= 11 is 0. The van der Waals surface area contributed by atoms with Gasteiger partial charge in [0, 0.05) is 32.9 Å². The molecule has 1 fully saturated rings. The van der Waals surface area contributed by atoms with Crippen LogP contribution in [-0.2, 0) is 20.9 Å². The number of carbonyl (C=O) groups is 1. The Labute approximate surface area is 195 Å². The van der Waals surface area contributed by atoms with E-state index in [0.29, 0.717) is 12.3 Å². The van der Waals surface area contributed by atoms with Gasteiger partial charge in [-0.05, 0) is 42.7 Å². The Balaban J connectivity index is 1.91. The lowest BCUT2D eigenvalue weighted by atomic mass is 9.78. The van der Waals surface area contributed by atoms with Crippen LogP contribution in [0.1, 0.15) is 56.6 Å². The summed E-state index contributed by atoms with van der Waals surface area (Å²) in [6.07, 6.45) is 15.4. The zero-order valence-electron chi connectivity index (χ0n) is 19.6. The van der Waals surface area contributed by atoms with Crippen LogP contribution >= 0.6 is 0 Å². The molecule has 8 heteroatoms. The minimum absolute atomic E-state index is 0.118. The Kier molecular flexibility index (Phi) is 9.62. The molecule has 1 aromatic heterocycles. The standard InChI is InChI=1S/C25H36N4O4/c1-26-32-25(24(30)31,33-27-2)15-9-14-22(21-12-7-4-8-13-21)23(29-17-16-28-19-29)18-20-10-5-3-6-11-20/h3,5-6,10-11,14,16-17,19,21,23,26-27H,4,7-9,12-13,15,18H2,1-2H3,(H,30,31). The van der Waals surface area contributed by atoms with Gasteiger partial charge in [-0.3, -0.25) is 9.68 Å². The Hall–Kier alpha value is -2.52. The number of allylic oxidation sites excluding steroid dienone is 2. The van der Waals surface area contributed by atoms with Crippen molar-refractivity contribution in [2.45, 2.75) is 63.2 Å². The summed E-state index contributed by atoms with van der Waals surface area (Å²) in [6, 6.07) is 10.6. The van der Waals surface area contributed by atoms with E-state index in [2.05, 4.69) is 50.9 Å². The molecule has 1 atom stereocenters. The minimum atomic E-state index is -1.82. The average molecular weight is 457 g/mol. The fraction of sp³-hybridized carbons (Fsp3) is 0.520. The maximum Gasteiger partial charge on any atom is 0.367 e. The van der Waals surface area contributed by atoms with Crippen LogP contribution in [-0.4, -0.2) is 40.5 Å². The van der Waals surface area contributed by atoms with Gasteiger partial charge in [0.05, 0.1) is 12.4 Å². The Morgan fingerprint density at radius 3 is 2.48 bits per heavy atom. The van der Waals surface area contributed by atoms with E-state index >= 15 is 0 Å². The normalized spacial score (nSPS) is 16.6. The van der Waals surface area contributed by atoms with E-state index in [-0.39, 0.29) is 12.5 Å². The van der Waals surface area contributed by atoms with E-state index in [4.69, 9.17) is 9.68 Å². The Morgan fingerprint density at radius 2 is 1.91 bits per heavy atom. The van der Waals surface area contributed by atoms with Crippen molar-refractivity contribution >= 4 is 5.97 Å². The van der Waals surface area contributed by atoms with Gasteiger partial charge >= 0.3 is 11.8 Å². The molecular formula is C25H36N4O4. The smallest absolute Gasteiger partial charge is 0.367 e. The first kappa shape index (κ1) is 25.1. The second-order valence-electron chi connectivity index (χ2n) is 8.46. The predicted octanol–water partition coefficient (Wildman–Crippen LogP) is 4.04. The molecule has 1 saturated carbocycles. The molecule has 33 heavy (non-hydrogen) atoms. The molecule has 0 radical (unpaired) electrons. The molecule has 3 N–H and O–H groups in total. The lowest BCUT2D eigenvalue weighted by Crippen LogP contribution is -2.49. The molecule has 8 nitrogen and oxygen atoms in total. The van der Waals surface area contributed by atoms with Crippen LogP contribution in [0.5, 0.6) is 0 Å². The van der Waals surface area contributed by atoms with Crippen molar-refractivity contribution in [2.75, 3.05) is 14.1 Å². The zero-order valence-corrected chi connectivity index (χ0v) is 19.6. The molecule has 0 spiro atoms. The SMILES string of the molecule is CNOC(CCC=C(C1CCCCC1)C(Cc1ccccc1)n1ccnc1)(ONC)C(=O)O. The summed E-state index contributed by atoms with van der Waals surface area (Å²) in [5.41, 5.74) is 7.55. The molecule has 180 valence electrons. The Bertz CT molecular complexity index is 858. The van der Waals surface area contributed by atoms with Crippen LogP contribution < -0.4 is 11.0 Å². The van der Waals surface area contributed by atoms with Crippen LogP contribution in [0, 0.1) is 5.92 Å². The van der Waals surface area contributed by atoms with Gasteiger partial charge in [-0.25, -0.2) is 20.7 Å². The quantitative estimate of drug-likeness (QED) is 0.238. The molecule has 1 aromatic carbocycles. The number of nitrogens with one attached hydrogen (secondary N) is 2. The number of carboxylic acids is 1. The summed E-state index contributed by atoms with van der Waals surface area (Å²) in [5, 5.41) is 9.79. The molecule has 1 aliphatic carbocycles. The van der Waals surface area contributed by atoms with Crippen molar-refractivity contribution in [3.63, 3.8) is 0 Å². The number of aliphatic carboxylic acids is 1. The summed E-state index contributed by atoms with van der Waals surface area (Å²) < 4.78 is 2.17. The van der Waals surface area contributed by atoms with Gasteiger partial charge in [-0.15, -0.1) is 0 Å². The lowest BCUT2D eigenvalue weighted by Gasteiger charge is -2.32. The van der Waals surface area contributed by atoms with Crippen LogP contribution in [0.2, 0.25) is 0 Å². The lowest BCUT2D eigenvalue weighted by molar-refractivity contribution is -0.285. The number of hydrogen-bond acceptors (Lipinski definition) is 6. The second kappa shape index (κ2) is 12.6. The topological polar surface area (TPSA) is 97.6 Å². The number of benzene rings is 1. The number of aromatic nitrogens is 2.